The summed E-state index contributed by atoms with van der Waals surface area (Å²) in [7, 11) is 0. The van der Waals surface area contributed by atoms with Crippen LogP contribution in [0.3, 0.4) is 0 Å². The van der Waals surface area contributed by atoms with E-state index < -0.39 is 0 Å². The fourth-order valence-corrected chi connectivity index (χ4v) is 3.01. The normalized spacial score (nSPS) is 17.9. The van der Waals surface area contributed by atoms with E-state index in [2.05, 4.69) is 13.8 Å². The molecule has 94 valence electrons. The maximum absolute atomic E-state index is 12.2. The van der Waals surface area contributed by atoms with Gasteiger partial charge in [-0.15, -0.1) is 0 Å². The van der Waals surface area contributed by atoms with Crippen molar-refractivity contribution in [2.75, 3.05) is 0 Å². The smallest absolute Gasteiger partial charge is 0.136 e. The van der Waals surface area contributed by atoms with E-state index in [0.717, 1.165) is 38.0 Å². The molecule has 0 N–H and O–H groups in total. The van der Waals surface area contributed by atoms with E-state index >= 15 is 0 Å². The summed E-state index contributed by atoms with van der Waals surface area (Å²) in [6.45, 7) is 4.38. The highest BCUT2D eigenvalue weighted by Crippen LogP contribution is 2.28. The Bertz CT molecular complexity index is 186. The van der Waals surface area contributed by atoms with Crippen molar-refractivity contribution >= 4 is 5.78 Å². The number of carbonyl (C=O) groups excluding carboxylic acids is 1. The molecule has 16 heavy (non-hydrogen) atoms. The first kappa shape index (κ1) is 13.7. The van der Waals surface area contributed by atoms with Crippen molar-refractivity contribution in [2.24, 2.45) is 11.8 Å². The second-order valence-electron chi connectivity index (χ2n) is 5.45. The van der Waals surface area contributed by atoms with E-state index in [1.54, 1.807) is 0 Å². The summed E-state index contributed by atoms with van der Waals surface area (Å²) in [5.74, 6) is 1.66. The third-order valence-electron chi connectivity index (χ3n) is 3.94. The molecule has 1 aliphatic rings. The summed E-state index contributed by atoms with van der Waals surface area (Å²) < 4.78 is 0. The molecule has 0 aromatic heterocycles. The van der Waals surface area contributed by atoms with Crippen molar-refractivity contribution < 1.29 is 4.79 Å². The molecule has 0 atom stereocenters. The molecule has 1 aliphatic carbocycles. The lowest BCUT2D eigenvalue weighted by Crippen LogP contribution is -2.19. The van der Waals surface area contributed by atoms with Gasteiger partial charge in [-0.05, 0) is 18.8 Å². The van der Waals surface area contributed by atoms with Crippen LogP contribution in [-0.4, -0.2) is 5.78 Å². The molecule has 0 aromatic carbocycles. The van der Waals surface area contributed by atoms with Gasteiger partial charge in [-0.25, -0.2) is 0 Å². The molecule has 1 nitrogen and oxygen atoms in total. The van der Waals surface area contributed by atoms with Crippen LogP contribution in [0.2, 0.25) is 0 Å². The monoisotopic (exact) mass is 224 g/mol. The van der Waals surface area contributed by atoms with Crippen LogP contribution < -0.4 is 0 Å². The number of hydrogen-bond donors (Lipinski definition) is 0. The Balaban J connectivity index is 2.34. The van der Waals surface area contributed by atoms with E-state index in [-0.39, 0.29) is 0 Å². The summed E-state index contributed by atoms with van der Waals surface area (Å²) in [4.78, 5) is 12.2. The van der Waals surface area contributed by atoms with Gasteiger partial charge in [0, 0.05) is 12.3 Å². The Labute approximate surface area is 101 Å². The second-order valence-corrected chi connectivity index (χ2v) is 5.45. The van der Waals surface area contributed by atoms with Crippen LogP contribution >= 0.6 is 0 Å². The first-order valence-electron chi connectivity index (χ1n) is 7.30. The maximum Gasteiger partial charge on any atom is 0.136 e. The molecule has 0 aromatic rings. The maximum atomic E-state index is 12.2. The summed E-state index contributed by atoms with van der Waals surface area (Å²) in [5, 5.41) is 0. The standard InChI is InChI=1S/C15H28O/c1-3-8-14(9-4-2)15(16)12-13-10-6-5-7-11-13/h13-14H,3-12H2,1-2H3. The Kier molecular flexibility index (Phi) is 6.75. The zero-order valence-electron chi connectivity index (χ0n) is 11.1. The first-order valence-corrected chi connectivity index (χ1v) is 7.30. The van der Waals surface area contributed by atoms with Crippen LogP contribution in [0.5, 0.6) is 0 Å². The van der Waals surface area contributed by atoms with Crippen LogP contribution in [0.25, 0.3) is 0 Å². The highest BCUT2D eigenvalue weighted by atomic mass is 16.1. The van der Waals surface area contributed by atoms with Crippen molar-refractivity contribution in [3.8, 4) is 0 Å². The van der Waals surface area contributed by atoms with Crippen molar-refractivity contribution in [3.63, 3.8) is 0 Å². The lowest BCUT2D eigenvalue weighted by molar-refractivity contribution is -0.124. The van der Waals surface area contributed by atoms with Crippen LogP contribution in [-0.2, 0) is 4.79 Å². The summed E-state index contributed by atoms with van der Waals surface area (Å²) in [6.07, 6.45) is 12.1. The third-order valence-corrected chi connectivity index (χ3v) is 3.94. The first-order chi connectivity index (χ1) is 7.77. The van der Waals surface area contributed by atoms with Crippen LogP contribution in [0, 0.1) is 11.8 Å². The van der Waals surface area contributed by atoms with Crippen LogP contribution in [0.4, 0.5) is 0 Å². The highest BCUT2D eigenvalue weighted by Gasteiger charge is 2.22. The van der Waals surface area contributed by atoms with Gasteiger partial charge in [0.25, 0.3) is 0 Å². The molecule has 1 rings (SSSR count). The van der Waals surface area contributed by atoms with Crippen molar-refractivity contribution in [1.29, 1.82) is 0 Å². The minimum absolute atomic E-state index is 0.372. The fourth-order valence-electron chi connectivity index (χ4n) is 3.01. The number of ketones is 1. The highest BCUT2D eigenvalue weighted by molar-refractivity contribution is 5.81. The van der Waals surface area contributed by atoms with Crippen LogP contribution in [0.15, 0.2) is 0 Å². The topological polar surface area (TPSA) is 17.1 Å². The third kappa shape index (κ3) is 4.67. The van der Waals surface area contributed by atoms with Gasteiger partial charge in [-0.3, -0.25) is 4.79 Å². The number of carbonyl (C=O) groups is 1. The van der Waals surface area contributed by atoms with Crippen molar-refractivity contribution in [3.05, 3.63) is 0 Å². The predicted molar refractivity (Wildman–Crippen MR) is 69.5 cm³/mol. The number of rotatable bonds is 7. The molecule has 1 heteroatoms. The fraction of sp³-hybridized carbons (Fsp3) is 0.933. The summed E-state index contributed by atoms with van der Waals surface area (Å²) in [6, 6.07) is 0. The zero-order valence-corrected chi connectivity index (χ0v) is 11.1. The predicted octanol–water partition coefficient (Wildman–Crippen LogP) is 4.74. The molecule has 0 heterocycles. The van der Waals surface area contributed by atoms with E-state index in [4.69, 9.17) is 0 Å². The average Bonchev–Trinajstić information content (AvgIpc) is 2.30. The SMILES string of the molecule is CCCC(CCC)C(=O)CC1CCCCC1. The molecular formula is C15H28O. The average molecular weight is 224 g/mol. The molecule has 0 amide bonds. The van der Waals surface area contributed by atoms with Gasteiger partial charge in [-0.2, -0.15) is 0 Å². The van der Waals surface area contributed by atoms with E-state index in [1.807, 2.05) is 0 Å². The minimum atomic E-state index is 0.372. The van der Waals surface area contributed by atoms with Crippen molar-refractivity contribution in [2.45, 2.75) is 78.1 Å². The molecule has 1 saturated carbocycles. The van der Waals surface area contributed by atoms with Gasteiger partial charge in [-0.1, -0.05) is 58.8 Å². The van der Waals surface area contributed by atoms with Gasteiger partial charge >= 0.3 is 0 Å². The van der Waals surface area contributed by atoms with Gasteiger partial charge in [0.15, 0.2) is 0 Å². The lowest BCUT2D eigenvalue weighted by atomic mass is 9.82. The number of Topliss-reactive ketones (excluding diaryl/α,β-unsaturated/α-hetero) is 1. The molecule has 0 radical (unpaired) electrons. The molecule has 0 spiro atoms. The van der Waals surface area contributed by atoms with Crippen molar-refractivity contribution in [1.82, 2.24) is 0 Å². The Hall–Kier alpha value is -0.330. The largest absolute Gasteiger partial charge is 0.299 e. The van der Waals surface area contributed by atoms with Gasteiger partial charge in [0.2, 0.25) is 0 Å². The minimum Gasteiger partial charge on any atom is -0.299 e. The Morgan fingerprint density at radius 1 is 1.06 bits per heavy atom. The molecule has 1 fully saturated rings. The number of hydrogen-bond acceptors (Lipinski definition) is 1. The molecular weight excluding hydrogens is 196 g/mol. The Morgan fingerprint density at radius 2 is 1.62 bits per heavy atom. The lowest BCUT2D eigenvalue weighted by Gasteiger charge is -2.23. The van der Waals surface area contributed by atoms with E-state index in [1.165, 1.54) is 32.1 Å². The zero-order chi connectivity index (χ0) is 11.8. The van der Waals surface area contributed by atoms with E-state index in [0.29, 0.717) is 11.7 Å². The quantitative estimate of drug-likeness (QED) is 0.610. The molecule has 0 saturated heterocycles. The second kappa shape index (κ2) is 7.86. The summed E-state index contributed by atoms with van der Waals surface area (Å²) >= 11 is 0. The summed E-state index contributed by atoms with van der Waals surface area (Å²) in [5.41, 5.74) is 0. The molecule has 0 bridgehead atoms. The van der Waals surface area contributed by atoms with Gasteiger partial charge in [0.1, 0.15) is 5.78 Å². The molecule has 0 aliphatic heterocycles. The van der Waals surface area contributed by atoms with Gasteiger partial charge in [0.05, 0.1) is 0 Å². The van der Waals surface area contributed by atoms with Gasteiger partial charge < -0.3 is 0 Å². The Morgan fingerprint density at radius 3 is 2.12 bits per heavy atom. The van der Waals surface area contributed by atoms with E-state index in [9.17, 15) is 4.79 Å². The molecule has 0 unspecified atom stereocenters. The van der Waals surface area contributed by atoms with Crippen LogP contribution in [0.1, 0.15) is 78.1 Å².